The zero-order valence-corrected chi connectivity index (χ0v) is 13.6. The van der Waals surface area contributed by atoms with Crippen molar-refractivity contribution in [3.05, 3.63) is 29.3 Å². The second-order valence-corrected chi connectivity index (χ2v) is 6.05. The molecule has 1 rings (SSSR count). The van der Waals surface area contributed by atoms with Gasteiger partial charge < -0.3 is 15.3 Å². The average molecular weight is 289 g/mol. The third-order valence-electron chi connectivity index (χ3n) is 3.36. The van der Waals surface area contributed by atoms with Crippen LogP contribution in [0.3, 0.4) is 0 Å². The molecule has 0 saturated heterocycles. The molecule has 0 bridgehead atoms. The zero-order chi connectivity index (χ0) is 15.8. The van der Waals surface area contributed by atoms with Gasteiger partial charge in [0.25, 0.3) is 0 Å². The standard InChI is InChI=1S/C17H27N3O/c1-13(2)11-19-12-15-5-6-17(16(9-15)10-18)20(4)8-7-14(3)21/h5-6,9,13-14,19,21H,7-8,11-12H2,1-4H3. The molecule has 0 fully saturated rings. The Bertz CT molecular complexity index is 477. The van der Waals surface area contributed by atoms with E-state index < -0.39 is 0 Å². The number of rotatable bonds is 8. The number of benzene rings is 1. The topological polar surface area (TPSA) is 59.3 Å². The van der Waals surface area contributed by atoms with Crippen LogP contribution in [0.1, 0.15) is 38.3 Å². The van der Waals surface area contributed by atoms with Crippen LogP contribution in [0, 0.1) is 17.2 Å². The Balaban J connectivity index is 2.72. The first-order valence-corrected chi connectivity index (χ1v) is 7.57. The molecule has 4 heteroatoms. The highest BCUT2D eigenvalue weighted by Gasteiger charge is 2.09. The molecule has 1 unspecified atom stereocenters. The minimum absolute atomic E-state index is 0.322. The lowest BCUT2D eigenvalue weighted by Gasteiger charge is -2.21. The van der Waals surface area contributed by atoms with Gasteiger partial charge in [-0.05, 0) is 43.5 Å². The Hall–Kier alpha value is -1.57. The molecule has 0 amide bonds. The Labute approximate surface area is 128 Å². The van der Waals surface area contributed by atoms with Crippen LogP contribution in [-0.4, -0.2) is 31.3 Å². The lowest BCUT2D eigenvalue weighted by molar-refractivity contribution is 0.187. The largest absolute Gasteiger partial charge is 0.393 e. The third kappa shape index (κ3) is 6.16. The SMILES string of the molecule is CC(C)CNCc1ccc(N(C)CCC(C)O)c(C#N)c1. The molecule has 0 heterocycles. The van der Waals surface area contributed by atoms with E-state index in [1.54, 1.807) is 6.92 Å². The highest BCUT2D eigenvalue weighted by molar-refractivity contribution is 5.60. The fourth-order valence-corrected chi connectivity index (χ4v) is 2.12. The second kappa shape index (κ2) is 8.66. The first-order valence-electron chi connectivity index (χ1n) is 7.57. The van der Waals surface area contributed by atoms with Gasteiger partial charge in [0.15, 0.2) is 0 Å². The molecule has 0 aliphatic carbocycles. The zero-order valence-electron chi connectivity index (χ0n) is 13.6. The minimum Gasteiger partial charge on any atom is -0.393 e. The van der Waals surface area contributed by atoms with Crippen molar-refractivity contribution in [2.45, 2.75) is 39.8 Å². The molecule has 0 radical (unpaired) electrons. The molecule has 0 aliphatic heterocycles. The number of hydrogen-bond acceptors (Lipinski definition) is 4. The second-order valence-electron chi connectivity index (χ2n) is 6.05. The van der Waals surface area contributed by atoms with E-state index in [-0.39, 0.29) is 6.10 Å². The van der Waals surface area contributed by atoms with E-state index in [4.69, 9.17) is 0 Å². The monoisotopic (exact) mass is 289 g/mol. The number of anilines is 1. The summed E-state index contributed by atoms with van der Waals surface area (Å²) < 4.78 is 0. The lowest BCUT2D eigenvalue weighted by atomic mass is 10.1. The van der Waals surface area contributed by atoms with Crippen molar-refractivity contribution in [1.82, 2.24) is 5.32 Å². The molecular formula is C17H27N3O. The highest BCUT2D eigenvalue weighted by atomic mass is 16.3. The maximum absolute atomic E-state index is 9.36. The van der Waals surface area contributed by atoms with E-state index in [2.05, 4.69) is 31.3 Å². The number of hydrogen-bond donors (Lipinski definition) is 2. The Morgan fingerprint density at radius 3 is 2.62 bits per heavy atom. The molecule has 2 N–H and O–H groups in total. The van der Waals surface area contributed by atoms with Crippen molar-refractivity contribution in [3.63, 3.8) is 0 Å². The van der Waals surface area contributed by atoms with Gasteiger partial charge in [-0.25, -0.2) is 0 Å². The fourth-order valence-electron chi connectivity index (χ4n) is 2.12. The first kappa shape index (κ1) is 17.5. The molecule has 4 nitrogen and oxygen atoms in total. The van der Waals surface area contributed by atoms with E-state index >= 15 is 0 Å². The van der Waals surface area contributed by atoms with Crippen molar-refractivity contribution >= 4 is 5.69 Å². The summed E-state index contributed by atoms with van der Waals surface area (Å²) in [6.07, 6.45) is 0.372. The summed E-state index contributed by atoms with van der Waals surface area (Å²) >= 11 is 0. The van der Waals surface area contributed by atoms with Gasteiger partial charge in [0.2, 0.25) is 0 Å². The van der Waals surface area contributed by atoms with Crippen molar-refractivity contribution in [2.24, 2.45) is 5.92 Å². The van der Waals surface area contributed by atoms with Gasteiger partial charge in [0.1, 0.15) is 6.07 Å². The Morgan fingerprint density at radius 2 is 2.05 bits per heavy atom. The number of nitriles is 1. The van der Waals surface area contributed by atoms with E-state index in [1.165, 1.54) is 0 Å². The van der Waals surface area contributed by atoms with Crippen LogP contribution in [0.2, 0.25) is 0 Å². The van der Waals surface area contributed by atoms with Crippen molar-refractivity contribution in [2.75, 3.05) is 25.0 Å². The normalized spacial score (nSPS) is 12.2. The molecule has 0 spiro atoms. The smallest absolute Gasteiger partial charge is 0.101 e. The predicted octanol–water partition coefficient (Wildman–Crippen LogP) is 2.51. The maximum Gasteiger partial charge on any atom is 0.101 e. The molecule has 1 aromatic carbocycles. The molecule has 1 aromatic rings. The van der Waals surface area contributed by atoms with E-state index in [9.17, 15) is 10.4 Å². The molecule has 0 aromatic heterocycles. The Kier molecular flexibility index (Phi) is 7.21. The predicted molar refractivity (Wildman–Crippen MR) is 87.3 cm³/mol. The summed E-state index contributed by atoms with van der Waals surface area (Å²) in [5.74, 6) is 0.617. The van der Waals surface area contributed by atoms with Gasteiger partial charge in [-0.1, -0.05) is 19.9 Å². The van der Waals surface area contributed by atoms with Gasteiger partial charge in [0.05, 0.1) is 17.4 Å². The van der Waals surface area contributed by atoms with Gasteiger partial charge in [-0.2, -0.15) is 5.26 Å². The number of nitrogens with zero attached hydrogens (tertiary/aromatic N) is 2. The summed E-state index contributed by atoms with van der Waals surface area (Å²) in [4.78, 5) is 2.02. The van der Waals surface area contributed by atoms with Crippen LogP contribution < -0.4 is 10.2 Å². The maximum atomic E-state index is 9.36. The number of nitrogens with one attached hydrogen (secondary N) is 1. The molecule has 0 saturated carbocycles. The van der Waals surface area contributed by atoms with Gasteiger partial charge >= 0.3 is 0 Å². The van der Waals surface area contributed by atoms with E-state index in [0.29, 0.717) is 17.9 Å². The van der Waals surface area contributed by atoms with E-state index in [0.717, 1.165) is 30.9 Å². The van der Waals surface area contributed by atoms with Crippen LogP contribution >= 0.6 is 0 Å². The van der Waals surface area contributed by atoms with Crippen LogP contribution in [0.4, 0.5) is 5.69 Å². The molecule has 0 aliphatic rings. The first-order chi connectivity index (χ1) is 9.93. The van der Waals surface area contributed by atoms with Crippen LogP contribution in [0.5, 0.6) is 0 Å². The van der Waals surface area contributed by atoms with Crippen LogP contribution in [0.15, 0.2) is 18.2 Å². The summed E-state index contributed by atoms with van der Waals surface area (Å²) in [5, 5.41) is 22.1. The van der Waals surface area contributed by atoms with Crippen molar-refractivity contribution in [1.29, 1.82) is 5.26 Å². The summed E-state index contributed by atoms with van der Waals surface area (Å²) in [7, 11) is 1.95. The van der Waals surface area contributed by atoms with Gasteiger partial charge in [0, 0.05) is 20.1 Å². The summed E-state index contributed by atoms with van der Waals surface area (Å²) in [6.45, 7) is 8.62. The van der Waals surface area contributed by atoms with Gasteiger partial charge in [-0.3, -0.25) is 0 Å². The van der Waals surface area contributed by atoms with Crippen molar-refractivity contribution in [3.8, 4) is 6.07 Å². The fraction of sp³-hybridized carbons (Fsp3) is 0.588. The summed E-state index contributed by atoms with van der Waals surface area (Å²) in [5.41, 5.74) is 2.73. The van der Waals surface area contributed by atoms with Gasteiger partial charge in [-0.15, -0.1) is 0 Å². The number of aliphatic hydroxyl groups is 1. The molecule has 116 valence electrons. The molecular weight excluding hydrogens is 262 g/mol. The summed E-state index contributed by atoms with van der Waals surface area (Å²) in [6, 6.07) is 8.27. The third-order valence-corrected chi connectivity index (χ3v) is 3.36. The van der Waals surface area contributed by atoms with E-state index in [1.807, 2.05) is 24.1 Å². The van der Waals surface area contributed by atoms with Crippen molar-refractivity contribution < 1.29 is 5.11 Å². The highest BCUT2D eigenvalue weighted by Crippen LogP contribution is 2.21. The Morgan fingerprint density at radius 1 is 1.33 bits per heavy atom. The van der Waals surface area contributed by atoms with Crippen LogP contribution in [0.25, 0.3) is 0 Å². The molecule has 21 heavy (non-hydrogen) atoms. The number of aliphatic hydroxyl groups excluding tert-OH is 1. The molecule has 1 atom stereocenters. The lowest BCUT2D eigenvalue weighted by Crippen LogP contribution is -2.23. The quantitative estimate of drug-likeness (QED) is 0.772. The van der Waals surface area contributed by atoms with Crippen LogP contribution in [-0.2, 0) is 6.54 Å². The average Bonchev–Trinajstić information content (AvgIpc) is 2.44. The minimum atomic E-state index is -0.322.